The second kappa shape index (κ2) is 7.48. The highest BCUT2D eigenvalue weighted by Crippen LogP contribution is 2.32. The summed E-state index contributed by atoms with van der Waals surface area (Å²) in [7, 11) is 1.77. The average Bonchev–Trinajstić information content (AvgIpc) is 3.05. The number of halogens is 1. The number of hydrogen-bond donors (Lipinski definition) is 2. The number of aliphatic hydroxyl groups is 1. The van der Waals surface area contributed by atoms with Crippen LogP contribution in [0.4, 0.5) is 14.9 Å². The molecule has 1 heterocycles. The van der Waals surface area contributed by atoms with Crippen LogP contribution in [0, 0.1) is 18.7 Å². The van der Waals surface area contributed by atoms with Gasteiger partial charge in [0.2, 0.25) is 0 Å². The van der Waals surface area contributed by atoms with Crippen molar-refractivity contribution in [2.75, 3.05) is 18.9 Å². The molecule has 0 saturated heterocycles. The van der Waals surface area contributed by atoms with Crippen molar-refractivity contribution in [3.05, 3.63) is 47.8 Å². The Bertz CT molecular complexity index is 1030. The van der Waals surface area contributed by atoms with Crippen LogP contribution in [0.25, 0.3) is 20.8 Å². The SMILES string of the molecule is Cc1cc(-c2nc3cc(F)ccc3s2)ccc1NC(=O)N(C)CC1CC(O)C1. The van der Waals surface area contributed by atoms with Crippen LogP contribution in [0.2, 0.25) is 0 Å². The van der Waals surface area contributed by atoms with Gasteiger partial charge in [-0.1, -0.05) is 0 Å². The summed E-state index contributed by atoms with van der Waals surface area (Å²) in [6.07, 6.45) is 1.31. The number of anilines is 1. The molecule has 0 atom stereocenters. The lowest BCUT2D eigenvalue weighted by molar-refractivity contribution is 0.0332. The number of aliphatic hydroxyl groups excluding tert-OH is 1. The minimum atomic E-state index is -0.292. The summed E-state index contributed by atoms with van der Waals surface area (Å²) in [5.41, 5.74) is 3.27. The molecule has 1 fully saturated rings. The second-order valence-corrected chi connectivity index (χ2v) is 8.49. The fourth-order valence-corrected chi connectivity index (χ4v) is 4.43. The lowest BCUT2D eigenvalue weighted by Gasteiger charge is -2.34. The Hall–Kier alpha value is -2.51. The summed E-state index contributed by atoms with van der Waals surface area (Å²) >= 11 is 1.51. The van der Waals surface area contributed by atoms with Gasteiger partial charge in [0, 0.05) is 30.9 Å². The summed E-state index contributed by atoms with van der Waals surface area (Å²) in [4.78, 5) is 18.6. The van der Waals surface area contributed by atoms with Gasteiger partial charge >= 0.3 is 6.03 Å². The molecule has 0 radical (unpaired) electrons. The van der Waals surface area contributed by atoms with Gasteiger partial charge in [0.05, 0.1) is 16.3 Å². The normalized spacial score (nSPS) is 18.7. The van der Waals surface area contributed by atoms with Crippen molar-refractivity contribution in [3.8, 4) is 10.6 Å². The molecule has 0 unspecified atom stereocenters. The van der Waals surface area contributed by atoms with Gasteiger partial charge in [0.15, 0.2) is 0 Å². The number of urea groups is 1. The van der Waals surface area contributed by atoms with Gasteiger partial charge in [-0.2, -0.15) is 0 Å². The van der Waals surface area contributed by atoms with E-state index in [4.69, 9.17) is 0 Å². The number of aromatic nitrogens is 1. The highest BCUT2D eigenvalue weighted by molar-refractivity contribution is 7.21. The predicted molar refractivity (Wildman–Crippen MR) is 110 cm³/mol. The average molecular weight is 399 g/mol. The molecule has 2 N–H and O–H groups in total. The molecule has 1 saturated carbocycles. The standard InChI is InChI=1S/C21H22FN3O2S/c1-12-7-14(20-23-18-10-15(22)4-6-19(18)28-20)3-5-17(12)24-21(27)25(2)11-13-8-16(26)9-13/h3-7,10,13,16,26H,8-9,11H2,1-2H3,(H,24,27). The third kappa shape index (κ3) is 3.86. The quantitative estimate of drug-likeness (QED) is 0.671. The molecular weight excluding hydrogens is 377 g/mol. The summed E-state index contributed by atoms with van der Waals surface area (Å²) in [5, 5.41) is 13.1. The summed E-state index contributed by atoms with van der Waals surface area (Å²) in [6.45, 7) is 2.58. The largest absolute Gasteiger partial charge is 0.393 e. The number of fused-ring (bicyclic) bond motifs is 1. The highest BCUT2D eigenvalue weighted by atomic mass is 32.1. The van der Waals surface area contributed by atoms with E-state index in [9.17, 15) is 14.3 Å². The Labute approximate surface area is 166 Å². The maximum Gasteiger partial charge on any atom is 0.321 e. The third-order valence-corrected chi connectivity index (χ3v) is 6.24. The van der Waals surface area contributed by atoms with E-state index in [1.54, 1.807) is 18.0 Å². The first-order chi connectivity index (χ1) is 13.4. The highest BCUT2D eigenvalue weighted by Gasteiger charge is 2.29. The maximum atomic E-state index is 13.4. The van der Waals surface area contributed by atoms with Crippen molar-refractivity contribution in [2.24, 2.45) is 5.92 Å². The van der Waals surface area contributed by atoms with Crippen molar-refractivity contribution in [1.29, 1.82) is 0 Å². The van der Waals surface area contributed by atoms with Crippen molar-refractivity contribution >= 4 is 33.3 Å². The number of nitrogens with one attached hydrogen (secondary N) is 1. The number of thiazole rings is 1. The topological polar surface area (TPSA) is 65.5 Å². The number of hydrogen-bond acceptors (Lipinski definition) is 4. The Morgan fingerprint density at radius 1 is 1.32 bits per heavy atom. The van der Waals surface area contributed by atoms with Gasteiger partial charge < -0.3 is 15.3 Å². The van der Waals surface area contributed by atoms with E-state index >= 15 is 0 Å². The monoisotopic (exact) mass is 399 g/mol. The van der Waals surface area contributed by atoms with Crippen molar-refractivity contribution < 1.29 is 14.3 Å². The molecular formula is C21H22FN3O2S. The van der Waals surface area contributed by atoms with Crippen LogP contribution in [0.15, 0.2) is 36.4 Å². The molecule has 1 aliphatic rings. The predicted octanol–water partition coefficient (Wildman–Crippen LogP) is 4.65. The van der Waals surface area contributed by atoms with Gasteiger partial charge in [-0.25, -0.2) is 14.2 Å². The van der Waals surface area contributed by atoms with E-state index in [-0.39, 0.29) is 18.0 Å². The van der Waals surface area contributed by atoms with Crippen LogP contribution >= 0.6 is 11.3 Å². The number of carbonyl (C=O) groups is 1. The lowest BCUT2D eigenvalue weighted by Crippen LogP contribution is -2.41. The summed E-state index contributed by atoms with van der Waals surface area (Å²) < 4.78 is 14.3. The van der Waals surface area contributed by atoms with E-state index in [1.165, 1.54) is 23.5 Å². The van der Waals surface area contributed by atoms with E-state index in [1.807, 2.05) is 25.1 Å². The molecule has 146 valence electrons. The van der Waals surface area contributed by atoms with Crippen molar-refractivity contribution in [3.63, 3.8) is 0 Å². The number of benzene rings is 2. The van der Waals surface area contributed by atoms with Gasteiger partial charge in [-0.3, -0.25) is 0 Å². The van der Waals surface area contributed by atoms with Crippen LogP contribution in [0.1, 0.15) is 18.4 Å². The molecule has 0 spiro atoms. The lowest BCUT2D eigenvalue weighted by atomic mass is 9.82. The first-order valence-electron chi connectivity index (χ1n) is 9.26. The summed E-state index contributed by atoms with van der Waals surface area (Å²) in [5.74, 6) is 0.0808. The number of nitrogens with zero attached hydrogens (tertiary/aromatic N) is 2. The molecule has 28 heavy (non-hydrogen) atoms. The minimum Gasteiger partial charge on any atom is -0.393 e. The molecule has 1 aromatic heterocycles. The van der Waals surface area contributed by atoms with Crippen LogP contribution < -0.4 is 5.32 Å². The van der Waals surface area contributed by atoms with E-state index in [0.717, 1.165) is 39.4 Å². The zero-order valence-electron chi connectivity index (χ0n) is 15.8. The Morgan fingerprint density at radius 3 is 2.82 bits per heavy atom. The molecule has 2 aromatic carbocycles. The molecule has 0 aliphatic heterocycles. The molecule has 2 amide bonds. The van der Waals surface area contributed by atoms with E-state index in [2.05, 4.69) is 10.3 Å². The minimum absolute atomic E-state index is 0.160. The van der Waals surface area contributed by atoms with E-state index < -0.39 is 0 Å². The zero-order valence-corrected chi connectivity index (χ0v) is 16.6. The third-order valence-electron chi connectivity index (χ3n) is 5.15. The molecule has 1 aliphatic carbocycles. The van der Waals surface area contributed by atoms with Gasteiger partial charge in [-0.05, 0) is 61.6 Å². The molecule has 0 bridgehead atoms. The summed E-state index contributed by atoms with van der Waals surface area (Å²) in [6, 6.07) is 10.2. The number of carbonyl (C=O) groups excluding carboxylic acids is 1. The fraction of sp³-hybridized carbons (Fsp3) is 0.333. The van der Waals surface area contributed by atoms with Crippen LogP contribution in [-0.4, -0.2) is 40.7 Å². The van der Waals surface area contributed by atoms with Crippen molar-refractivity contribution in [1.82, 2.24) is 9.88 Å². The van der Waals surface area contributed by atoms with Gasteiger partial charge in [0.25, 0.3) is 0 Å². The van der Waals surface area contributed by atoms with E-state index in [0.29, 0.717) is 18.0 Å². The number of aryl methyl sites for hydroxylation is 1. The molecule has 5 nitrogen and oxygen atoms in total. The zero-order chi connectivity index (χ0) is 19.8. The Kier molecular flexibility index (Phi) is 5.03. The first-order valence-corrected chi connectivity index (χ1v) is 10.1. The van der Waals surface area contributed by atoms with Crippen LogP contribution in [0.3, 0.4) is 0 Å². The number of amides is 2. The fourth-order valence-electron chi connectivity index (χ4n) is 3.49. The molecule has 3 aromatic rings. The first kappa shape index (κ1) is 18.8. The van der Waals surface area contributed by atoms with Crippen LogP contribution in [0.5, 0.6) is 0 Å². The van der Waals surface area contributed by atoms with Crippen molar-refractivity contribution in [2.45, 2.75) is 25.9 Å². The molecule has 7 heteroatoms. The number of rotatable bonds is 4. The Balaban J connectivity index is 1.46. The van der Waals surface area contributed by atoms with Gasteiger partial charge in [-0.15, -0.1) is 11.3 Å². The van der Waals surface area contributed by atoms with Crippen LogP contribution in [-0.2, 0) is 0 Å². The second-order valence-electron chi connectivity index (χ2n) is 7.46. The smallest absolute Gasteiger partial charge is 0.321 e. The maximum absolute atomic E-state index is 13.4. The van der Waals surface area contributed by atoms with Gasteiger partial charge in [0.1, 0.15) is 10.8 Å². The molecule has 4 rings (SSSR count). The Morgan fingerprint density at radius 2 is 2.11 bits per heavy atom.